The normalized spacial score (nSPS) is 17.5. The lowest BCUT2D eigenvalue weighted by Gasteiger charge is -2.36. The van der Waals surface area contributed by atoms with Crippen molar-refractivity contribution in [2.75, 3.05) is 19.6 Å². The molecule has 1 fully saturated rings. The summed E-state index contributed by atoms with van der Waals surface area (Å²) < 4.78 is 3.65. The van der Waals surface area contributed by atoms with Crippen molar-refractivity contribution in [3.63, 3.8) is 0 Å². The zero-order chi connectivity index (χ0) is 18.1. The van der Waals surface area contributed by atoms with E-state index in [0.717, 1.165) is 23.6 Å². The first-order valence-corrected chi connectivity index (χ1v) is 8.59. The zero-order valence-corrected chi connectivity index (χ0v) is 14.8. The van der Waals surface area contributed by atoms with Crippen LogP contribution >= 0.6 is 0 Å². The number of amides is 1. The molecule has 0 bridgehead atoms. The average Bonchev–Trinajstić information content (AvgIpc) is 3.33. The molecule has 26 heavy (non-hydrogen) atoms. The Morgan fingerprint density at radius 1 is 1.35 bits per heavy atom. The fraction of sp³-hybridized carbons (Fsp3) is 0.333. The van der Waals surface area contributed by atoms with Gasteiger partial charge in [0.05, 0.1) is 5.69 Å². The van der Waals surface area contributed by atoms with Crippen molar-refractivity contribution >= 4 is 5.91 Å². The van der Waals surface area contributed by atoms with E-state index in [2.05, 4.69) is 20.4 Å². The van der Waals surface area contributed by atoms with Gasteiger partial charge in [0, 0.05) is 44.6 Å². The molecule has 1 amide bonds. The number of benzene rings is 1. The number of nitrogens with one attached hydrogen (secondary N) is 1. The van der Waals surface area contributed by atoms with Gasteiger partial charge in [-0.1, -0.05) is 0 Å². The van der Waals surface area contributed by atoms with E-state index in [-0.39, 0.29) is 11.9 Å². The number of carbonyl (C=O) groups excluding carboxylic acids is 1. The fourth-order valence-corrected chi connectivity index (χ4v) is 3.40. The molecule has 0 aliphatic carbocycles. The highest BCUT2D eigenvalue weighted by molar-refractivity contribution is 5.96. The number of rotatable bonds is 3. The van der Waals surface area contributed by atoms with Gasteiger partial charge in [-0.25, -0.2) is 14.6 Å². The Morgan fingerprint density at radius 3 is 2.92 bits per heavy atom. The smallest absolute Gasteiger partial charge is 0.254 e. The van der Waals surface area contributed by atoms with Crippen LogP contribution in [0.5, 0.6) is 0 Å². The first kappa shape index (κ1) is 16.5. The molecule has 8 heteroatoms. The van der Waals surface area contributed by atoms with Crippen LogP contribution in [0.25, 0.3) is 5.69 Å². The van der Waals surface area contributed by atoms with Gasteiger partial charge in [0.2, 0.25) is 0 Å². The maximum atomic E-state index is 13.3. The van der Waals surface area contributed by atoms with E-state index >= 15 is 0 Å². The van der Waals surface area contributed by atoms with E-state index in [1.165, 1.54) is 6.33 Å². The Balaban J connectivity index is 1.64. The predicted octanol–water partition coefficient (Wildman–Crippen LogP) is 1.10. The molecule has 1 aromatic carbocycles. The molecule has 3 heterocycles. The van der Waals surface area contributed by atoms with Crippen LogP contribution in [0.4, 0.5) is 0 Å². The van der Waals surface area contributed by atoms with Crippen molar-refractivity contribution in [3.8, 4) is 5.69 Å². The van der Waals surface area contributed by atoms with Crippen molar-refractivity contribution in [2.24, 2.45) is 7.05 Å². The van der Waals surface area contributed by atoms with Crippen LogP contribution in [0.3, 0.4) is 0 Å². The highest BCUT2D eigenvalue weighted by Crippen LogP contribution is 2.24. The first-order valence-electron chi connectivity index (χ1n) is 8.59. The molecule has 0 saturated carbocycles. The number of hydrogen-bond acceptors (Lipinski definition) is 5. The largest absolute Gasteiger partial charge is 0.336 e. The standard InChI is InChI=1S/C18H21N7O/c1-13-9-14(25-12-20-11-22-25)3-4-15(13)18(26)24-8-5-19-10-16(24)17-21-6-7-23(17)2/h3-4,6-7,9,11-12,16,19H,5,8,10H2,1-2H3. The molecule has 4 rings (SSSR count). The first-order chi connectivity index (χ1) is 12.6. The summed E-state index contributed by atoms with van der Waals surface area (Å²) in [5.41, 5.74) is 2.51. The van der Waals surface area contributed by atoms with Gasteiger partial charge in [-0.05, 0) is 30.7 Å². The van der Waals surface area contributed by atoms with Gasteiger partial charge in [-0.2, -0.15) is 5.10 Å². The molecule has 0 radical (unpaired) electrons. The van der Waals surface area contributed by atoms with Crippen LogP contribution in [0, 0.1) is 6.92 Å². The lowest BCUT2D eigenvalue weighted by atomic mass is 10.0. The summed E-state index contributed by atoms with van der Waals surface area (Å²) in [7, 11) is 1.96. The molecule has 3 aromatic rings. The van der Waals surface area contributed by atoms with Crippen LogP contribution in [-0.2, 0) is 7.05 Å². The third kappa shape index (κ3) is 2.88. The third-order valence-electron chi connectivity index (χ3n) is 4.78. The van der Waals surface area contributed by atoms with E-state index < -0.39 is 0 Å². The van der Waals surface area contributed by atoms with Gasteiger partial charge in [0.15, 0.2) is 0 Å². The number of aryl methyl sites for hydroxylation is 2. The Bertz CT molecular complexity index is 916. The predicted molar refractivity (Wildman–Crippen MR) is 96.0 cm³/mol. The number of piperazine rings is 1. The van der Waals surface area contributed by atoms with Gasteiger partial charge in [-0.3, -0.25) is 4.79 Å². The molecule has 1 N–H and O–H groups in total. The Labute approximate surface area is 151 Å². The van der Waals surface area contributed by atoms with Gasteiger partial charge >= 0.3 is 0 Å². The van der Waals surface area contributed by atoms with Gasteiger partial charge in [0.25, 0.3) is 5.91 Å². The number of hydrogen-bond donors (Lipinski definition) is 1. The average molecular weight is 351 g/mol. The van der Waals surface area contributed by atoms with Gasteiger partial charge in [-0.15, -0.1) is 0 Å². The topological polar surface area (TPSA) is 80.9 Å². The minimum atomic E-state index is -0.0781. The maximum Gasteiger partial charge on any atom is 0.254 e. The van der Waals surface area contributed by atoms with Crippen molar-refractivity contribution in [2.45, 2.75) is 13.0 Å². The summed E-state index contributed by atoms with van der Waals surface area (Å²) in [6.45, 7) is 4.09. The summed E-state index contributed by atoms with van der Waals surface area (Å²) in [6.07, 6.45) is 6.81. The summed E-state index contributed by atoms with van der Waals surface area (Å²) in [6, 6.07) is 5.64. The van der Waals surface area contributed by atoms with Crippen LogP contribution < -0.4 is 5.32 Å². The Hall–Kier alpha value is -3.00. The molecule has 134 valence electrons. The second-order valence-electron chi connectivity index (χ2n) is 6.45. The minimum Gasteiger partial charge on any atom is -0.336 e. The number of nitrogens with zero attached hydrogens (tertiary/aromatic N) is 6. The number of imidazole rings is 1. The van der Waals surface area contributed by atoms with Crippen molar-refractivity contribution in [1.82, 2.24) is 34.5 Å². The highest BCUT2D eigenvalue weighted by Gasteiger charge is 2.31. The summed E-state index contributed by atoms with van der Waals surface area (Å²) in [5.74, 6) is 0.921. The Morgan fingerprint density at radius 2 is 2.23 bits per heavy atom. The molecular formula is C18H21N7O. The van der Waals surface area contributed by atoms with E-state index in [4.69, 9.17) is 0 Å². The summed E-state index contributed by atoms with van der Waals surface area (Å²) in [5, 5.41) is 7.50. The van der Waals surface area contributed by atoms with Crippen LogP contribution in [-0.4, -0.2) is 54.8 Å². The Kier molecular flexibility index (Phi) is 4.26. The SMILES string of the molecule is Cc1cc(-n2cncn2)ccc1C(=O)N1CCNCC1c1nccn1C. The van der Waals surface area contributed by atoms with Crippen LogP contribution in [0.1, 0.15) is 27.8 Å². The fourth-order valence-electron chi connectivity index (χ4n) is 3.40. The van der Waals surface area contributed by atoms with Crippen molar-refractivity contribution in [3.05, 3.63) is 60.2 Å². The second kappa shape index (κ2) is 6.72. The molecule has 8 nitrogen and oxygen atoms in total. The lowest BCUT2D eigenvalue weighted by Crippen LogP contribution is -2.49. The van der Waals surface area contributed by atoms with Crippen LogP contribution in [0.15, 0.2) is 43.2 Å². The number of aromatic nitrogens is 5. The summed E-state index contributed by atoms with van der Waals surface area (Å²) in [4.78, 5) is 23.6. The number of carbonyl (C=O) groups is 1. The zero-order valence-electron chi connectivity index (χ0n) is 14.8. The molecule has 1 saturated heterocycles. The van der Waals surface area contributed by atoms with E-state index in [1.807, 2.05) is 47.8 Å². The molecule has 2 aromatic heterocycles. The minimum absolute atomic E-state index is 0.0298. The van der Waals surface area contributed by atoms with E-state index in [9.17, 15) is 4.79 Å². The molecule has 1 atom stereocenters. The van der Waals surface area contributed by atoms with E-state index in [0.29, 0.717) is 18.7 Å². The molecule has 0 spiro atoms. The van der Waals surface area contributed by atoms with Gasteiger partial charge < -0.3 is 14.8 Å². The van der Waals surface area contributed by atoms with Crippen molar-refractivity contribution in [1.29, 1.82) is 0 Å². The highest BCUT2D eigenvalue weighted by atomic mass is 16.2. The van der Waals surface area contributed by atoms with E-state index in [1.54, 1.807) is 17.2 Å². The molecule has 1 unspecified atom stereocenters. The maximum absolute atomic E-state index is 13.3. The summed E-state index contributed by atoms with van der Waals surface area (Å²) >= 11 is 0. The molecular weight excluding hydrogens is 330 g/mol. The lowest BCUT2D eigenvalue weighted by molar-refractivity contribution is 0.0620. The second-order valence-corrected chi connectivity index (χ2v) is 6.45. The van der Waals surface area contributed by atoms with Crippen LogP contribution in [0.2, 0.25) is 0 Å². The monoisotopic (exact) mass is 351 g/mol. The van der Waals surface area contributed by atoms with Gasteiger partial charge in [0.1, 0.15) is 24.5 Å². The van der Waals surface area contributed by atoms with Crippen molar-refractivity contribution < 1.29 is 4.79 Å². The molecule has 1 aliphatic heterocycles. The molecule has 1 aliphatic rings. The quantitative estimate of drug-likeness (QED) is 0.764. The third-order valence-corrected chi connectivity index (χ3v) is 4.78.